The zero-order valence-electron chi connectivity index (χ0n) is 17.1. The molecule has 0 amide bonds. The molecule has 0 aromatic heterocycles. The Bertz CT molecular complexity index is 853. The van der Waals surface area contributed by atoms with E-state index in [9.17, 15) is 4.79 Å². The molecule has 0 bridgehead atoms. The molecule has 1 fully saturated rings. The molecule has 0 unspecified atom stereocenters. The molecule has 0 aliphatic heterocycles. The van der Waals surface area contributed by atoms with Gasteiger partial charge in [0, 0.05) is 11.5 Å². The van der Waals surface area contributed by atoms with Crippen LogP contribution in [0.5, 0.6) is 5.75 Å². The number of ketones is 1. The number of aryl methyl sites for hydroxylation is 1. The van der Waals surface area contributed by atoms with Gasteiger partial charge < -0.3 is 4.74 Å². The summed E-state index contributed by atoms with van der Waals surface area (Å²) in [6.07, 6.45) is 2.22. The number of hydrogen-bond donors (Lipinski definition) is 0. The quantitative estimate of drug-likeness (QED) is 0.521. The fraction of sp³-hybridized carbons (Fsp3) is 0.400. The van der Waals surface area contributed by atoms with E-state index in [0.717, 1.165) is 46.4 Å². The van der Waals surface area contributed by atoms with Crippen molar-refractivity contribution in [3.05, 3.63) is 70.8 Å². The van der Waals surface area contributed by atoms with Crippen molar-refractivity contribution in [3.8, 4) is 5.75 Å². The fourth-order valence-corrected chi connectivity index (χ4v) is 3.40. The van der Waals surface area contributed by atoms with Crippen molar-refractivity contribution in [1.82, 2.24) is 0 Å². The third-order valence-corrected chi connectivity index (χ3v) is 5.13. The van der Waals surface area contributed by atoms with Crippen LogP contribution in [-0.2, 0) is 0 Å². The van der Waals surface area contributed by atoms with E-state index in [-0.39, 0.29) is 17.8 Å². The van der Waals surface area contributed by atoms with E-state index in [4.69, 9.17) is 4.74 Å². The Hall–Kier alpha value is -2.35. The van der Waals surface area contributed by atoms with Gasteiger partial charge in [-0.2, -0.15) is 0 Å². The van der Waals surface area contributed by atoms with E-state index in [2.05, 4.69) is 53.3 Å². The maximum Gasteiger partial charge on any atom is 0.165 e. The fourth-order valence-electron chi connectivity index (χ4n) is 3.40. The van der Waals surface area contributed by atoms with Crippen LogP contribution in [0, 0.1) is 12.8 Å². The molecule has 1 aliphatic carbocycles. The predicted octanol–water partition coefficient (Wildman–Crippen LogP) is 6.56. The number of carbonyl (C=O) groups is 1. The smallest absolute Gasteiger partial charge is 0.165 e. The summed E-state index contributed by atoms with van der Waals surface area (Å²) < 4.78 is 6.03. The van der Waals surface area contributed by atoms with Gasteiger partial charge in [-0.3, -0.25) is 4.79 Å². The third-order valence-electron chi connectivity index (χ3n) is 5.13. The van der Waals surface area contributed by atoms with Crippen molar-refractivity contribution in [2.45, 2.75) is 59.5 Å². The van der Waals surface area contributed by atoms with Crippen molar-refractivity contribution in [1.29, 1.82) is 0 Å². The summed E-state index contributed by atoms with van der Waals surface area (Å²) in [4.78, 5) is 12.2. The van der Waals surface area contributed by atoms with Crippen molar-refractivity contribution in [3.63, 3.8) is 0 Å². The van der Waals surface area contributed by atoms with Crippen LogP contribution in [0.15, 0.2) is 43.0 Å². The first kappa shape index (κ1) is 19.4. The third kappa shape index (κ3) is 4.32. The molecule has 2 nitrogen and oxygen atoms in total. The molecular formula is C25H30O2. The molecule has 2 heteroatoms. The molecule has 0 saturated heterocycles. The first-order valence-corrected chi connectivity index (χ1v) is 9.93. The second kappa shape index (κ2) is 7.72. The lowest BCUT2D eigenvalue weighted by molar-refractivity contribution is 0.0967. The van der Waals surface area contributed by atoms with Crippen LogP contribution in [0.1, 0.15) is 79.1 Å². The van der Waals surface area contributed by atoms with E-state index in [1.54, 1.807) is 0 Å². The summed E-state index contributed by atoms with van der Waals surface area (Å²) in [6, 6.07) is 12.3. The average Bonchev–Trinajstić information content (AvgIpc) is 3.45. The molecule has 1 saturated carbocycles. The Morgan fingerprint density at radius 3 is 2.15 bits per heavy atom. The Morgan fingerprint density at radius 2 is 1.63 bits per heavy atom. The summed E-state index contributed by atoms with van der Waals surface area (Å²) in [5.41, 5.74) is 6.34. The Morgan fingerprint density at radius 1 is 1.04 bits per heavy atom. The summed E-state index contributed by atoms with van der Waals surface area (Å²) in [5, 5.41) is 0. The monoisotopic (exact) mass is 362 g/mol. The Labute approximate surface area is 163 Å². The van der Waals surface area contributed by atoms with Gasteiger partial charge in [-0.05, 0) is 79.5 Å². The average molecular weight is 363 g/mol. The molecule has 3 rings (SSSR count). The Kier molecular flexibility index (Phi) is 5.55. The number of benzene rings is 2. The van der Waals surface area contributed by atoms with Crippen LogP contribution >= 0.6 is 0 Å². The topological polar surface area (TPSA) is 26.3 Å². The lowest BCUT2D eigenvalue weighted by Crippen LogP contribution is -2.09. The second-order valence-electron chi connectivity index (χ2n) is 8.22. The first-order valence-electron chi connectivity index (χ1n) is 9.93. The van der Waals surface area contributed by atoms with Gasteiger partial charge in [0.2, 0.25) is 0 Å². The van der Waals surface area contributed by atoms with Crippen molar-refractivity contribution >= 4 is 11.4 Å². The minimum atomic E-state index is 0.146. The summed E-state index contributed by atoms with van der Waals surface area (Å²) in [6.45, 7) is 14.9. The number of Topliss-reactive ketones (excluding diaryl/α,β-unsaturated/α-hetero) is 1. The van der Waals surface area contributed by atoms with Gasteiger partial charge in [0.1, 0.15) is 5.75 Å². The minimum absolute atomic E-state index is 0.146. The van der Waals surface area contributed by atoms with E-state index in [0.29, 0.717) is 5.92 Å². The molecule has 0 radical (unpaired) electrons. The summed E-state index contributed by atoms with van der Waals surface area (Å²) >= 11 is 0. The second-order valence-corrected chi connectivity index (χ2v) is 8.22. The number of hydrogen-bond acceptors (Lipinski definition) is 2. The summed E-state index contributed by atoms with van der Waals surface area (Å²) in [7, 11) is 0. The standard InChI is InChI=1S/C25H30O2/c1-15(2)22-14-23(17(5)13-24(22)27-16(3)4)18(6)19-7-9-20(10-8-19)25(26)21-11-12-21/h7-10,13-16,21H,6,11-12H2,1-5H3. The molecule has 0 N–H and O–H groups in total. The highest BCUT2D eigenvalue weighted by Crippen LogP contribution is 2.36. The molecular weight excluding hydrogens is 332 g/mol. The molecule has 1 aliphatic rings. The molecule has 2 aromatic rings. The van der Waals surface area contributed by atoms with Gasteiger partial charge in [0.05, 0.1) is 6.10 Å². The summed E-state index contributed by atoms with van der Waals surface area (Å²) in [5.74, 6) is 1.85. The van der Waals surface area contributed by atoms with Crippen molar-refractivity contribution in [2.75, 3.05) is 0 Å². The van der Waals surface area contributed by atoms with Crippen molar-refractivity contribution < 1.29 is 9.53 Å². The zero-order chi connectivity index (χ0) is 19.7. The minimum Gasteiger partial charge on any atom is -0.491 e. The molecule has 0 spiro atoms. The lowest BCUT2D eigenvalue weighted by Gasteiger charge is -2.20. The largest absolute Gasteiger partial charge is 0.491 e. The highest BCUT2D eigenvalue weighted by atomic mass is 16.5. The van der Waals surface area contributed by atoms with Crippen LogP contribution in [-0.4, -0.2) is 11.9 Å². The zero-order valence-corrected chi connectivity index (χ0v) is 17.1. The van der Waals surface area contributed by atoms with E-state index in [1.165, 1.54) is 5.56 Å². The van der Waals surface area contributed by atoms with Crippen LogP contribution < -0.4 is 4.74 Å². The van der Waals surface area contributed by atoms with Crippen LogP contribution in [0.4, 0.5) is 0 Å². The molecule has 2 aromatic carbocycles. The number of ether oxygens (including phenoxy) is 1. The number of carbonyl (C=O) groups excluding carboxylic acids is 1. The molecule has 27 heavy (non-hydrogen) atoms. The maximum absolute atomic E-state index is 12.2. The maximum atomic E-state index is 12.2. The van der Waals surface area contributed by atoms with Crippen LogP contribution in [0.2, 0.25) is 0 Å². The number of rotatable bonds is 7. The van der Waals surface area contributed by atoms with Gasteiger partial charge in [-0.15, -0.1) is 0 Å². The van der Waals surface area contributed by atoms with E-state index in [1.807, 2.05) is 24.3 Å². The molecule has 0 heterocycles. The predicted molar refractivity (Wildman–Crippen MR) is 113 cm³/mol. The highest BCUT2D eigenvalue weighted by Gasteiger charge is 2.30. The van der Waals surface area contributed by atoms with Gasteiger partial charge in [-0.1, -0.05) is 44.7 Å². The highest BCUT2D eigenvalue weighted by molar-refractivity contribution is 5.99. The van der Waals surface area contributed by atoms with E-state index < -0.39 is 0 Å². The lowest BCUT2D eigenvalue weighted by atomic mass is 9.90. The van der Waals surface area contributed by atoms with Gasteiger partial charge >= 0.3 is 0 Å². The van der Waals surface area contributed by atoms with Gasteiger partial charge in [0.15, 0.2) is 5.78 Å². The van der Waals surface area contributed by atoms with E-state index >= 15 is 0 Å². The van der Waals surface area contributed by atoms with Crippen molar-refractivity contribution in [2.24, 2.45) is 5.92 Å². The van der Waals surface area contributed by atoms with Crippen LogP contribution in [0.25, 0.3) is 5.57 Å². The Balaban J connectivity index is 1.91. The van der Waals surface area contributed by atoms with Gasteiger partial charge in [-0.25, -0.2) is 0 Å². The normalized spacial score (nSPS) is 13.9. The molecule has 142 valence electrons. The molecule has 0 atom stereocenters. The van der Waals surface area contributed by atoms with Crippen LogP contribution in [0.3, 0.4) is 0 Å². The first-order chi connectivity index (χ1) is 12.8. The SMILES string of the molecule is C=C(c1ccc(C(=O)C2CC2)cc1)c1cc(C(C)C)c(OC(C)C)cc1C. The van der Waals surface area contributed by atoms with Gasteiger partial charge in [0.25, 0.3) is 0 Å².